The Kier molecular flexibility index (Phi) is 4.99. The van der Waals surface area contributed by atoms with E-state index in [1.807, 2.05) is 13.8 Å². The molecule has 5 heteroatoms. The first kappa shape index (κ1) is 15.8. The maximum Gasteiger partial charge on any atom is 0.291 e. The van der Waals surface area contributed by atoms with E-state index >= 15 is 0 Å². The van der Waals surface area contributed by atoms with Crippen LogP contribution in [0.3, 0.4) is 0 Å². The Morgan fingerprint density at radius 1 is 1.18 bits per heavy atom. The zero-order valence-corrected chi connectivity index (χ0v) is 13.1. The molecule has 5 nitrogen and oxygen atoms in total. The SMILES string of the molecule is CCN(CC)C(=O)c1cccc(NC(=O)c2occc2C)c1. The fourth-order valence-electron chi connectivity index (χ4n) is 2.22. The predicted octanol–water partition coefficient (Wildman–Crippen LogP) is 3.32. The number of nitrogens with one attached hydrogen (secondary N) is 1. The van der Waals surface area contributed by atoms with Gasteiger partial charge in [0.05, 0.1) is 6.26 Å². The van der Waals surface area contributed by atoms with Crippen molar-refractivity contribution >= 4 is 17.5 Å². The Labute approximate surface area is 129 Å². The summed E-state index contributed by atoms with van der Waals surface area (Å²) in [7, 11) is 0. The van der Waals surface area contributed by atoms with Crippen molar-refractivity contribution in [2.24, 2.45) is 0 Å². The average molecular weight is 300 g/mol. The molecule has 1 aromatic heterocycles. The topological polar surface area (TPSA) is 62.6 Å². The van der Waals surface area contributed by atoms with Crippen LogP contribution >= 0.6 is 0 Å². The molecule has 2 amide bonds. The number of nitrogens with zero attached hydrogens (tertiary/aromatic N) is 1. The lowest BCUT2D eigenvalue weighted by Crippen LogP contribution is -2.30. The van der Waals surface area contributed by atoms with E-state index < -0.39 is 0 Å². The van der Waals surface area contributed by atoms with Gasteiger partial charge in [0, 0.05) is 29.9 Å². The number of amides is 2. The van der Waals surface area contributed by atoms with Gasteiger partial charge in [-0.3, -0.25) is 9.59 Å². The predicted molar refractivity (Wildman–Crippen MR) is 85.1 cm³/mol. The number of carbonyl (C=O) groups excluding carboxylic acids is 2. The van der Waals surface area contributed by atoms with E-state index in [4.69, 9.17) is 4.42 Å². The van der Waals surface area contributed by atoms with Gasteiger partial charge in [0.2, 0.25) is 0 Å². The fourth-order valence-corrected chi connectivity index (χ4v) is 2.22. The molecule has 2 aromatic rings. The zero-order chi connectivity index (χ0) is 16.1. The summed E-state index contributed by atoms with van der Waals surface area (Å²) in [5, 5.41) is 2.75. The van der Waals surface area contributed by atoms with Gasteiger partial charge in [-0.25, -0.2) is 0 Å². The fraction of sp³-hybridized carbons (Fsp3) is 0.294. The van der Waals surface area contributed by atoms with Crippen molar-refractivity contribution < 1.29 is 14.0 Å². The highest BCUT2D eigenvalue weighted by Crippen LogP contribution is 2.16. The zero-order valence-electron chi connectivity index (χ0n) is 13.1. The van der Waals surface area contributed by atoms with Crippen LogP contribution in [-0.4, -0.2) is 29.8 Å². The number of anilines is 1. The second kappa shape index (κ2) is 6.93. The van der Waals surface area contributed by atoms with Crippen LogP contribution in [0.4, 0.5) is 5.69 Å². The van der Waals surface area contributed by atoms with Crippen LogP contribution in [0.5, 0.6) is 0 Å². The van der Waals surface area contributed by atoms with Crippen molar-refractivity contribution in [3.63, 3.8) is 0 Å². The summed E-state index contributed by atoms with van der Waals surface area (Å²) in [5.74, 6) is -0.0920. The maximum atomic E-state index is 12.3. The molecular formula is C17H20N2O3. The van der Waals surface area contributed by atoms with Gasteiger partial charge in [0.15, 0.2) is 5.76 Å². The first-order valence-electron chi connectivity index (χ1n) is 7.31. The van der Waals surface area contributed by atoms with E-state index in [0.717, 1.165) is 5.56 Å². The van der Waals surface area contributed by atoms with E-state index in [1.54, 1.807) is 42.2 Å². The highest BCUT2D eigenvalue weighted by atomic mass is 16.3. The van der Waals surface area contributed by atoms with Crippen LogP contribution < -0.4 is 5.32 Å². The molecule has 0 unspecified atom stereocenters. The molecule has 1 heterocycles. The van der Waals surface area contributed by atoms with Crippen LogP contribution in [0.15, 0.2) is 41.0 Å². The van der Waals surface area contributed by atoms with Gasteiger partial charge in [-0.2, -0.15) is 0 Å². The van der Waals surface area contributed by atoms with Gasteiger partial charge < -0.3 is 14.6 Å². The highest BCUT2D eigenvalue weighted by Gasteiger charge is 2.15. The van der Waals surface area contributed by atoms with E-state index in [2.05, 4.69) is 5.32 Å². The summed E-state index contributed by atoms with van der Waals surface area (Å²) in [4.78, 5) is 26.2. The summed E-state index contributed by atoms with van der Waals surface area (Å²) >= 11 is 0. The number of hydrogen-bond acceptors (Lipinski definition) is 3. The van der Waals surface area contributed by atoms with Crippen molar-refractivity contribution in [2.45, 2.75) is 20.8 Å². The van der Waals surface area contributed by atoms with Crippen LogP contribution in [0, 0.1) is 6.92 Å². The molecule has 0 radical (unpaired) electrons. The van der Waals surface area contributed by atoms with Crippen molar-refractivity contribution in [3.8, 4) is 0 Å². The minimum Gasteiger partial charge on any atom is -0.459 e. The Hall–Kier alpha value is -2.56. The van der Waals surface area contributed by atoms with Gasteiger partial charge in [-0.15, -0.1) is 0 Å². The molecule has 2 rings (SSSR count). The molecule has 0 fully saturated rings. The Balaban J connectivity index is 2.17. The number of aryl methyl sites for hydroxylation is 1. The van der Waals surface area contributed by atoms with Crippen LogP contribution in [-0.2, 0) is 0 Å². The second-order valence-electron chi connectivity index (χ2n) is 4.95. The van der Waals surface area contributed by atoms with E-state index in [-0.39, 0.29) is 17.6 Å². The van der Waals surface area contributed by atoms with Crippen molar-refractivity contribution in [1.82, 2.24) is 4.90 Å². The molecule has 22 heavy (non-hydrogen) atoms. The van der Waals surface area contributed by atoms with E-state index in [9.17, 15) is 9.59 Å². The normalized spacial score (nSPS) is 10.3. The van der Waals surface area contributed by atoms with Crippen molar-refractivity contribution in [3.05, 3.63) is 53.5 Å². The largest absolute Gasteiger partial charge is 0.459 e. The summed E-state index contributed by atoms with van der Waals surface area (Å²) in [5.41, 5.74) is 1.89. The third-order valence-corrected chi connectivity index (χ3v) is 3.49. The van der Waals surface area contributed by atoms with E-state index in [1.165, 1.54) is 6.26 Å². The molecule has 116 valence electrons. The van der Waals surface area contributed by atoms with Gasteiger partial charge in [-0.05, 0) is 45.0 Å². The number of benzene rings is 1. The first-order valence-corrected chi connectivity index (χ1v) is 7.31. The van der Waals surface area contributed by atoms with Crippen molar-refractivity contribution in [1.29, 1.82) is 0 Å². The molecule has 0 aliphatic heterocycles. The molecular weight excluding hydrogens is 280 g/mol. The maximum absolute atomic E-state index is 12.3. The Bertz CT molecular complexity index is 672. The molecule has 0 saturated heterocycles. The minimum atomic E-state index is -0.324. The molecule has 1 N–H and O–H groups in total. The first-order chi connectivity index (χ1) is 10.6. The Morgan fingerprint density at radius 2 is 1.91 bits per heavy atom. The lowest BCUT2D eigenvalue weighted by molar-refractivity contribution is 0.0772. The molecule has 0 bridgehead atoms. The highest BCUT2D eigenvalue weighted by molar-refractivity contribution is 6.04. The molecule has 1 aromatic carbocycles. The van der Waals surface area contributed by atoms with Gasteiger partial charge in [-0.1, -0.05) is 6.07 Å². The van der Waals surface area contributed by atoms with Crippen LogP contribution in [0.1, 0.15) is 40.3 Å². The molecule has 0 aliphatic rings. The van der Waals surface area contributed by atoms with Gasteiger partial charge in [0.25, 0.3) is 11.8 Å². The average Bonchev–Trinajstić information content (AvgIpc) is 2.95. The summed E-state index contributed by atoms with van der Waals surface area (Å²) < 4.78 is 5.16. The second-order valence-corrected chi connectivity index (χ2v) is 4.95. The summed E-state index contributed by atoms with van der Waals surface area (Å²) in [6, 6.07) is 8.65. The van der Waals surface area contributed by atoms with E-state index in [0.29, 0.717) is 24.3 Å². The number of hydrogen-bond donors (Lipinski definition) is 1. The van der Waals surface area contributed by atoms with Crippen LogP contribution in [0.25, 0.3) is 0 Å². The third-order valence-electron chi connectivity index (χ3n) is 3.49. The molecule has 0 saturated carbocycles. The molecule has 0 atom stereocenters. The lowest BCUT2D eigenvalue weighted by Gasteiger charge is -2.18. The summed E-state index contributed by atoms with van der Waals surface area (Å²) in [6.07, 6.45) is 1.48. The standard InChI is InChI=1S/C17H20N2O3/c1-4-19(5-2)17(21)13-7-6-8-14(11-13)18-16(20)15-12(3)9-10-22-15/h6-11H,4-5H2,1-3H3,(H,18,20). The Morgan fingerprint density at radius 3 is 2.50 bits per heavy atom. The van der Waals surface area contributed by atoms with Gasteiger partial charge in [0.1, 0.15) is 0 Å². The third kappa shape index (κ3) is 3.36. The quantitative estimate of drug-likeness (QED) is 0.921. The number of rotatable bonds is 5. The minimum absolute atomic E-state index is 0.0460. The smallest absolute Gasteiger partial charge is 0.291 e. The lowest BCUT2D eigenvalue weighted by atomic mass is 10.1. The molecule has 0 aliphatic carbocycles. The number of carbonyl (C=O) groups is 2. The van der Waals surface area contributed by atoms with Gasteiger partial charge >= 0.3 is 0 Å². The van der Waals surface area contributed by atoms with Crippen molar-refractivity contribution in [2.75, 3.05) is 18.4 Å². The van der Waals surface area contributed by atoms with Crippen LogP contribution in [0.2, 0.25) is 0 Å². The summed E-state index contributed by atoms with van der Waals surface area (Å²) in [6.45, 7) is 6.98. The number of furan rings is 1. The molecule has 0 spiro atoms. The monoisotopic (exact) mass is 300 g/mol.